The number of halogens is 1. The summed E-state index contributed by atoms with van der Waals surface area (Å²) in [4.78, 5) is 12.4. The van der Waals surface area contributed by atoms with Crippen molar-refractivity contribution in [1.29, 1.82) is 0 Å². The van der Waals surface area contributed by atoms with Gasteiger partial charge < -0.3 is 9.88 Å². The van der Waals surface area contributed by atoms with Crippen molar-refractivity contribution in [2.75, 3.05) is 6.54 Å². The van der Waals surface area contributed by atoms with Gasteiger partial charge in [-0.3, -0.25) is 4.79 Å². The van der Waals surface area contributed by atoms with Crippen molar-refractivity contribution in [1.82, 2.24) is 9.88 Å². The van der Waals surface area contributed by atoms with E-state index in [1.807, 2.05) is 54.2 Å². The van der Waals surface area contributed by atoms with Crippen LogP contribution in [0.15, 0.2) is 59.2 Å². The maximum absolute atomic E-state index is 12.4. The third kappa shape index (κ3) is 3.07. The van der Waals surface area contributed by atoms with E-state index >= 15 is 0 Å². The van der Waals surface area contributed by atoms with Crippen LogP contribution in [0.2, 0.25) is 0 Å². The van der Waals surface area contributed by atoms with Gasteiger partial charge in [0.05, 0.1) is 0 Å². The number of nitrogens with zero attached hydrogens (tertiary/aromatic N) is 1. The summed E-state index contributed by atoms with van der Waals surface area (Å²) >= 11 is 3.42. The molecule has 112 valence electrons. The molecule has 0 bridgehead atoms. The number of fused-ring (bicyclic) bond motifs is 1. The molecule has 3 rings (SSSR count). The van der Waals surface area contributed by atoms with Gasteiger partial charge >= 0.3 is 0 Å². The Hall–Kier alpha value is -2.07. The maximum Gasteiger partial charge on any atom is 0.251 e. The van der Waals surface area contributed by atoms with Gasteiger partial charge in [0.2, 0.25) is 0 Å². The Labute approximate surface area is 138 Å². The molecule has 1 aromatic heterocycles. The lowest BCUT2D eigenvalue weighted by atomic mass is 10.1. The lowest BCUT2D eigenvalue weighted by Gasteiger charge is -2.07. The first-order valence-electron chi connectivity index (χ1n) is 7.22. The molecule has 1 heterocycles. The Morgan fingerprint density at radius 2 is 1.91 bits per heavy atom. The number of aryl methyl sites for hydroxylation is 1. The number of rotatable bonds is 4. The first-order valence-corrected chi connectivity index (χ1v) is 8.01. The Bertz CT molecular complexity index is 806. The van der Waals surface area contributed by atoms with Crippen molar-refractivity contribution in [3.05, 3.63) is 70.3 Å². The first-order chi connectivity index (χ1) is 10.6. The van der Waals surface area contributed by atoms with E-state index in [1.165, 1.54) is 5.56 Å². The maximum atomic E-state index is 12.4. The summed E-state index contributed by atoms with van der Waals surface area (Å²) in [6.45, 7) is 0.629. The second-order valence-electron chi connectivity index (χ2n) is 5.30. The molecule has 0 aliphatic rings. The minimum Gasteiger partial charge on any atom is -0.352 e. The number of nitrogens with one attached hydrogen (secondary N) is 1. The van der Waals surface area contributed by atoms with E-state index in [0.717, 1.165) is 27.4 Å². The van der Waals surface area contributed by atoms with Crippen molar-refractivity contribution >= 4 is 32.7 Å². The third-order valence-electron chi connectivity index (χ3n) is 3.79. The number of benzene rings is 2. The van der Waals surface area contributed by atoms with Crippen LogP contribution in [-0.2, 0) is 13.5 Å². The molecule has 0 aliphatic carbocycles. The van der Waals surface area contributed by atoms with Gasteiger partial charge in [0.1, 0.15) is 0 Å². The van der Waals surface area contributed by atoms with Gasteiger partial charge in [0.15, 0.2) is 0 Å². The average molecular weight is 357 g/mol. The predicted octanol–water partition coefficient (Wildman–Crippen LogP) is 3.91. The van der Waals surface area contributed by atoms with E-state index in [-0.39, 0.29) is 5.91 Å². The quantitative estimate of drug-likeness (QED) is 0.755. The molecule has 0 aliphatic heterocycles. The number of hydrogen-bond donors (Lipinski definition) is 1. The highest BCUT2D eigenvalue weighted by Gasteiger charge is 2.10. The lowest BCUT2D eigenvalue weighted by Crippen LogP contribution is -2.25. The number of hydrogen-bond acceptors (Lipinski definition) is 1. The molecule has 4 heteroatoms. The van der Waals surface area contributed by atoms with Crippen LogP contribution in [0, 0.1) is 0 Å². The highest BCUT2D eigenvalue weighted by atomic mass is 79.9. The molecular formula is C18H17BrN2O. The fourth-order valence-electron chi connectivity index (χ4n) is 2.57. The molecule has 1 amide bonds. The smallest absolute Gasteiger partial charge is 0.251 e. The monoisotopic (exact) mass is 356 g/mol. The number of carbonyl (C=O) groups excluding carboxylic acids is 1. The van der Waals surface area contributed by atoms with Gasteiger partial charge in [-0.1, -0.05) is 34.1 Å². The summed E-state index contributed by atoms with van der Waals surface area (Å²) in [5.41, 5.74) is 3.01. The van der Waals surface area contributed by atoms with E-state index in [9.17, 15) is 4.79 Å². The SMILES string of the molecule is Cn1ccc2c(C(=O)NCCc3ccc(Br)cc3)cccc21. The number of amides is 1. The van der Waals surface area contributed by atoms with Crippen molar-refractivity contribution < 1.29 is 4.79 Å². The zero-order valence-corrected chi connectivity index (χ0v) is 13.9. The Morgan fingerprint density at radius 1 is 1.14 bits per heavy atom. The van der Waals surface area contributed by atoms with E-state index in [0.29, 0.717) is 6.54 Å². The zero-order chi connectivity index (χ0) is 15.5. The highest BCUT2D eigenvalue weighted by molar-refractivity contribution is 9.10. The van der Waals surface area contributed by atoms with Gasteiger partial charge in [-0.15, -0.1) is 0 Å². The topological polar surface area (TPSA) is 34.0 Å². The predicted molar refractivity (Wildman–Crippen MR) is 93.1 cm³/mol. The van der Waals surface area contributed by atoms with Gasteiger partial charge in [-0.2, -0.15) is 0 Å². The normalized spacial score (nSPS) is 10.8. The van der Waals surface area contributed by atoms with Crippen LogP contribution in [-0.4, -0.2) is 17.0 Å². The summed E-state index contributed by atoms with van der Waals surface area (Å²) in [5.74, 6) is -0.0195. The molecule has 0 fully saturated rings. The van der Waals surface area contributed by atoms with Crippen molar-refractivity contribution in [2.45, 2.75) is 6.42 Å². The molecular weight excluding hydrogens is 340 g/mol. The van der Waals surface area contributed by atoms with Crippen LogP contribution in [0.5, 0.6) is 0 Å². The fourth-order valence-corrected chi connectivity index (χ4v) is 2.83. The summed E-state index contributed by atoms with van der Waals surface area (Å²) in [6.07, 6.45) is 2.80. The summed E-state index contributed by atoms with van der Waals surface area (Å²) in [7, 11) is 1.98. The molecule has 2 aromatic carbocycles. The van der Waals surface area contributed by atoms with E-state index in [4.69, 9.17) is 0 Å². The van der Waals surface area contributed by atoms with Crippen LogP contribution in [0.1, 0.15) is 15.9 Å². The summed E-state index contributed by atoms with van der Waals surface area (Å²) < 4.78 is 3.09. The fraction of sp³-hybridized carbons (Fsp3) is 0.167. The third-order valence-corrected chi connectivity index (χ3v) is 4.31. The van der Waals surface area contributed by atoms with Crippen molar-refractivity contribution in [3.8, 4) is 0 Å². The molecule has 1 N–H and O–H groups in total. The molecule has 0 saturated carbocycles. The molecule has 0 atom stereocenters. The second-order valence-corrected chi connectivity index (χ2v) is 6.21. The largest absolute Gasteiger partial charge is 0.352 e. The number of aromatic nitrogens is 1. The van der Waals surface area contributed by atoms with Crippen molar-refractivity contribution in [3.63, 3.8) is 0 Å². The van der Waals surface area contributed by atoms with Gasteiger partial charge in [0.25, 0.3) is 5.91 Å². The molecule has 0 saturated heterocycles. The second kappa shape index (κ2) is 6.36. The standard InChI is InChI=1S/C18H17BrN2O/c1-21-12-10-15-16(3-2-4-17(15)21)18(22)20-11-9-13-5-7-14(19)8-6-13/h2-8,10,12H,9,11H2,1H3,(H,20,22). The minimum absolute atomic E-state index is 0.0195. The molecule has 3 aromatic rings. The summed E-state index contributed by atoms with van der Waals surface area (Å²) in [6, 6.07) is 16.0. The molecule has 0 spiro atoms. The first kappa shape index (κ1) is 14.9. The Morgan fingerprint density at radius 3 is 2.68 bits per heavy atom. The van der Waals surface area contributed by atoms with E-state index in [1.54, 1.807) is 0 Å². The van der Waals surface area contributed by atoms with Crippen LogP contribution in [0.3, 0.4) is 0 Å². The van der Waals surface area contributed by atoms with Gasteiger partial charge in [0, 0.05) is 40.7 Å². The Kier molecular flexibility index (Phi) is 4.29. The average Bonchev–Trinajstić information content (AvgIpc) is 2.91. The van der Waals surface area contributed by atoms with Gasteiger partial charge in [-0.25, -0.2) is 0 Å². The molecule has 0 unspecified atom stereocenters. The van der Waals surface area contributed by atoms with Gasteiger partial charge in [-0.05, 0) is 42.3 Å². The highest BCUT2D eigenvalue weighted by Crippen LogP contribution is 2.19. The van der Waals surface area contributed by atoms with Crippen molar-refractivity contribution in [2.24, 2.45) is 7.05 Å². The van der Waals surface area contributed by atoms with Crippen LogP contribution in [0.25, 0.3) is 10.9 Å². The van der Waals surface area contributed by atoms with Crippen LogP contribution < -0.4 is 5.32 Å². The summed E-state index contributed by atoms with van der Waals surface area (Å²) in [5, 5.41) is 4.00. The molecule has 3 nitrogen and oxygen atoms in total. The van der Waals surface area contributed by atoms with Crippen LogP contribution in [0.4, 0.5) is 0 Å². The number of carbonyl (C=O) groups is 1. The van der Waals surface area contributed by atoms with Crippen LogP contribution >= 0.6 is 15.9 Å². The zero-order valence-electron chi connectivity index (χ0n) is 12.3. The molecule has 0 radical (unpaired) electrons. The minimum atomic E-state index is -0.0195. The van der Waals surface area contributed by atoms with E-state index < -0.39 is 0 Å². The Balaban J connectivity index is 1.67. The molecule has 22 heavy (non-hydrogen) atoms. The van der Waals surface area contributed by atoms with E-state index in [2.05, 4.69) is 33.4 Å². The lowest BCUT2D eigenvalue weighted by molar-refractivity contribution is 0.0956.